The highest BCUT2D eigenvalue weighted by Crippen LogP contribution is 2.34. The summed E-state index contributed by atoms with van der Waals surface area (Å²) in [4.78, 5) is 28.6. The first-order valence-corrected chi connectivity index (χ1v) is 15.4. The Hall–Kier alpha value is -3.72. The first-order chi connectivity index (χ1) is 20.7. The van der Waals surface area contributed by atoms with Crippen LogP contribution in [0.15, 0.2) is 66.9 Å². The van der Waals surface area contributed by atoms with Gasteiger partial charge in [-0.3, -0.25) is 14.3 Å². The minimum Gasteiger partial charge on any atom is -0.489 e. The Kier molecular flexibility index (Phi) is 8.52. The maximum absolute atomic E-state index is 13.2. The monoisotopic (exact) mass is 600 g/mol. The van der Waals surface area contributed by atoms with Crippen LogP contribution >= 0.6 is 11.6 Å². The second kappa shape index (κ2) is 12.5. The van der Waals surface area contributed by atoms with Crippen LogP contribution in [0.25, 0.3) is 22.0 Å². The summed E-state index contributed by atoms with van der Waals surface area (Å²) < 4.78 is 7.77. The number of hydrogen-bond donors (Lipinski definition) is 2. The number of aliphatic hydroxyl groups is 1. The molecule has 2 atom stereocenters. The number of amides is 1. The van der Waals surface area contributed by atoms with Crippen LogP contribution in [0.1, 0.15) is 67.6 Å². The lowest BCUT2D eigenvalue weighted by molar-refractivity contribution is -0.118. The molecule has 0 unspecified atom stereocenters. The molecule has 8 nitrogen and oxygen atoms in total. The van der Waals surface area contributed by atoms with Crippen molar-refractivity contribution in [3.63, 3.8) is 0 Å². The number of benzene rings is 3. The van der Waals surface area contributed by atoms with E-state index >= 15 is 0 Å². The van der Waals surface area contributed by atoms with Crippen LogP contribution in [0.4, 0.5) is 0 Å². The van der Waals surface area contributed by atoms with Crippen molar-refractivity contribution in [1.82, 2.24) is 20.0 Å². The van der Waals surface area contributed by atoms with Gasteiger partial charge >= 0.3 is 0 Å². The summed E-state index contributed by atoms with van der Waals surface area (Å²) in [6.07, 6.45) is 5.34. The van der Waals surface area contributed by atoms with Gasteiger partial charge in [0.2, 0.25) is 5.78 Å². The molecular weight excluding hydrogens is 564 g/mol. The van der Waals surface area contributed by atoms with E-state index in [1.165, 1.54) is 0 Å². The van der Waals surface area contributed by atoms with Crippen LogP contribution in [0.3, 0.4) is 0 Å². The van der Waals surface area contributed by atoms with Gasteiger partial charge in [0.25, 0.3) is 5.91 Å². The van der Waals surface area contributed by atoms with Crippen molar-refractivity contribution < 1.29 is 19.4 Å². The molecule has 2 N–H and O–H groups in total. The third-order valence-corrected chi connectivity index (χ3v) is 8.50. The number of carbonyl (C=O) groups is 2. The maximum atomic E-state index is 13.2. The maximum Gasteiger partial charge on any atom is 0.292 e. The fourth-order valence-electron chi connectivity index (χ4n) is 5.52. The molecule has 1 aliphatic carbocycles. The molecule has 1 saturated heterocycles. The van der Waals surface area contributed by atoms with E-state index in [-0.39, 0.29) is 17.7 Å². The summed E-state index contributed by atoms with van der Waals surface area (Å²) in [6.45, 7) is 6.37. The Balaban J connectivity index is 1.16. The molecule has 1 aliphatic heterocycles. The number of nitrogens with zero attached hydrogens (tertiary/aromatic N) is 3. The normalized spacial score (nSPS) is 16.9. The predicted octanol–water partition coefficient (Wildman–Crippen LogP) is 5.98. The lowest BCUT2D eigenvalue weighted by Crippen LogP contribution is -2.48. The fourth-order valence-corrected chi connectivity index (χ4v) is 5.75. The molecule has 6 rings (SSSR count). The number of likely N-dealkylation sites (tertiary alicyclic amines) is 1. The van der Waals surface area contributed by atoms with Crippen molar-refractivity contribution in [1.29, 1.82) is 0 Å². The molecule has 224 valence electrons. The number of aliphatic hydroxyl groups excluding tert-OH is 1. The van der Waals surface area contributed by atoms with Gasteiger partial charge in [-0.25, -0.2) is 0 Å². The fraction of sp³-hybridized carbons (Fsp3) is 0.382. The number of aromatic nitrogens is 2. The average Bonchev–Trinajstić information content (AvgIpc) is 3.47. The van der Waals surface area contributed by atoms with Gasteiger partial charge in [0, 0.05) is 29.7 Å². The largest absolute Gasteiger partial charge is 0.489 e. The second-order valence-corrected chi connectivity index (χ2v) is 12.3. The Morgan fingerprint density at radius 1 is 1.02 bits per heavy atom. The number of ketones is 1. The van der Waals surface area contributed by atoms with Gasteiger partial charge in [0.05, 0.1) is 22.7 Å². The molecule has 0 radical (unpaired) electrons. The first-order valence-electron chi connectivity index (χ1n) is 15.1. The lowest BCUT2D eigenvalue weighted by atomic mass is 9.99. The van der Waals surface area contributed by atoms with E-state index in [1.54, 1.807) is 30.3 Å². The topological polar surface area (TPSA) is 96.7 Å². The number of hydrogen-bond acceptors (Lipinski definition) is 6. The number of carbonyl (C=O) groups excluding carboxylic acids is 2. The van der Waals surface area contributed by atoms with Gasteiger partial charge in [-0.2, -0.15) is 5.10 Å². The van der Waals surface area contributed by atoms with Crippen LogP contribution in [-0.4, -0.2) is 63.3 Å². The Morgan fingerprint density at radius 2 is 1.74 bits per heavy atom. The van der Waals surface area contributed by atoms with Gasteiger partial charge < -0.3 is 20.1 Å². The van der Waals surface area contributed by atoms with Crippen molar-refractivity contribution in [3.05, 3.63) is 83.0 Å². The smallest absolute Gasteiger partial charge is 0.292 e. The molecule has 2 fully saturated rings. The minimum absolute atomic E-state index is 0.203. The van der Waals surface area contributed by atoms with E-state index in [9.17, 15) is 14.7 Å². The first kappa shape index (κ1) is 29.4. The van der Waals surface area contributed by atoms with E-state index in [0.29, 0.717) is 22.9 Å². The van der Waals surface area contributed by atoms with Crippen LogP contribution in [0, 0.1) is 0 Å². The Labute approximate surface area is 256 Å². The number of nitrogens with one attached hydrogen (secondary N) is 1. The number of fused-ring (bicyclic) bond motifs is 1. The highest BCUT2D eigenvalue weighted by Gasteiger charge is 2.30. The van der Waals surface area contributed by atoms with Crippen LogP contribution in [-0.2, 0) is 4.79 Å². The highest BCUT2D eigenvalue weighted by molar-refractivity contribution is 6.42. The van der Waals surface area contributed by atoms with Gasteiger partial charge in [0.1, 0.15) is 11.9 Å². The standard InChI is InChI=1S/C34H37ClN4O4/c1-21(2)39-19-26-10-9-24(18-29(26)37-39)22-5-7-23(8-6-22)33(41)34(42)36-30(20-38-15-3-4-16-38)32(40)25-11-14-31(28(35)17-25)43-27-12-13-27/h5-11,14,17-19,21,27,30,32,40H,3-4,12-13,15-16,20H2,1-2H3,(H,36,42)/t30-,32-/m1/s1. The van der Waals surface area contributed by atoms with Crippen LogP contribution < -0.4 is 10.1 Å². The van der Waals surface area contributed by atoms with Crippen molar-refractivity contribution in [2.45, 2.75) is 63.8 Å². The lowest BCUT2D eigenvalue weighted by Gasteiger charge is -2.28. The molecule has 3 aromatic carbocycles. The van der Waals surface area contributed by atoms with Gasteiger partial charge in [-0.15, -0.1) is 0 Å². The van der Waals surface area contributed by atoms with Gasteiger partial charge in [-0.05, 0) is 87.5 Å². The molecule has 43 heavy (non-hydrogen) atoms. The predicted molar refractivity (Wildman–Crippen MR) is 168 cm³/mol. The summed E-state index contributed by atoms with van der Waals surface area (Å²) in [7, 11) is 0. The average molecular weight is 601 g/mol. The summed E-state index contributed by atoms with van der Waals surface area (Å²) >= 11 is 6.46. The van der Waals surface area contributed by atoms with Crippen LogP contribution in [0.5, 0.6) is 5.75 Å². The number of ether oxygens (including phenoxy) is 1. The zero-order chi connectivity index (χ0) is 30.1. The number of rotatable bonds is 11. The molecule has 0 spiro atoms. The summed E-state index contributed by atoms with van der Waals surface area (Å²) in [5.41, 5.74) is 3.65. The van der Waals surface area contributed by atoms with Crippen LogP contribution in [0.2, 0.25) is 5.02 Å². The van der Waals surface area contributed by atoms with Gasteiger partial charge in [-0.1, -0.05) is 54.1 Å². The van der Waals surface area contributed by atoms with E-state index in [1.807, 2.05) is 41.2 Å². The van der Waals surface area contributed by atoms with Crippen molar-refractivity contribution >= 4 is 34.2 Å². The third kappa shape index (κ3) is 6.77. The summed E-state index contributed by atoms with van der Waals surface area (Å²) in [5, 5.41) is 20.3. The van der Waals surface area contributed by atoms with Gasteiger partial charge in [0.15, 0.2) is 0 Å². The van der Waals surface area contributed by atoms with E-state index in [0.717, 1.165) is 60.8 Å². The molecule has 1 saturated carbocycles. The minimum atomic E-state index is -1.05. The quantitative estimate of drug-likeness (QED) is 0.162. The van der Waals surface area contributed by atoms with E-state index < -0.39 is 23.8 Å². The Morgan fingerprint density at radius 3 is 2.42 bits per heavy atom. The molecule has 9 heteroatoms. The molecule has 2 aliphatic rings. The SMILES string of the molecule is CC(C)n1cc2ccc(-c3ccc(C(=O)C(=O)N[C@H](CN4CCCC4)[C@H](O)c4ccc(OC5CC5)c(Cl)c4)cc3)cc2n1. The van der Waals surface area contributed by atoms with E-state index in [4.69, 9.17) is 16.3 Å². The zero-order valence-corrected chi connectivity index (χ0v) is 25.3. The molecule has 0 bridgehead atoms. The summed E-state index contributed by atoms with van der Waals surface area (Å²) in [6, 6.07) is 17.9. The molecule has 1 amide bonds. The molecule has 4 aromatic rings. The number of Topliss-reactive ketones (excluding diaryl/α,β-unsaturated/α-hetero) is 1. The molecular formula is C34H37ClN4O4. The van der Waals surface area contributed by atoms with E-state index in [2.05, 4.69) is 29.2 Å². The molecule has 2 heterocycles. The third-order valence-electron chi connectivity index (χ3n) is 8.21. The van der Waals surface area contributed by atoms with Crippen molar-refractivity contribution in [3.8, 4) is 16.9 Å². The second-order valence-electron chi connectivity index (χ2n) is 11.9. The van der Waals surface area contributed by atoms with Crippen molar-refractivity contribution in [2.24, 2.45) is 0 Å². The summed E-state index contributed by atoms with van der Waals surface area (Å²) in [5.74, 6) is -0.817. The Bertz CT molecular complexity index is 1620. The number of halogens is 1. The highest BCUT2D eigenvalue weighted by atomic mass is 35.5. The molecule has 1 aromatic heterocycles. The van der Waals surface area contributed by atoms with Crippen molar-refractivity contribution in [2.75, 3.05) is 19.6 Å². The zero-order valence-electron chi connectivity index (χ0n) is 24.5.